The van der Waals surface area contributed by atoms with Gasteiger partial charge in [-0.1, -0.05) is 71.1 Å². The fraction of sp³-hybridized carbons (Fsp3) is 1.00. The van der Waals surface area contributed by atoms with Crippen LogP contribution >= 0.6 is 11.8 Å². The zero-order chi connectivity index (χ0) is 14.5. The van der Waals surface area contributed by atoms with E-state index in [9.17, 15) is 0 Å². The van der Waals surface area contributed by atoms with Crippen molar-refractivity contribution >= 4 is 11.8 Å². The lowest BCUT2D eigenvalue weighted by Crippen LogP contribution is -2.41. The molecule has 0 aliphatic carbocycles. The normalized spacial score (nSPS) is 20.4. The van der Waals surface area contributed by atoms with Crippen molar-refractivity contribution in [3.8, 4) is 0 Å². The number of unbranched alkanes of at least 4 members (excludes halogenated alkanes) is 9. The minimum absolute atomic E-state index is 0.552. The molecule has 0 bridgehead atoms. The molecule has 3 heteroatoms. The molecule has 0 aromatic heterocycles. The molecular weight excluding hydrogens is 264 g/mol. The van der Waals surface area contributed by atoms with Crippen LogP contribution in [0.5, 0.6) is 0 Å². The summed E-state index contributed by atoms with van der Waals surface area (Å²) in [6, 6.07) is 0.552. The lowest BCUT2D eigenvalue weighted by atomic mass is 10.0. The maximum absolute atomic E-state index is 5.71. The van der Waals surface area contributed by atoms with Crippen LogP contribution in [0.1, 0.15) is 90.4 Å². The molecule has 1 heterocycles. The van der Waals surface area contributed by atoms with Gasteiger partial charge < -0.3 is 0 Å². The van der Waals surface area contributed by atoms with Gasteiger partial charge in [-0.25, -0.2) is 0 Å². The summed E-state index contributed by atoms with van der Waals surface area (Å²) < 4.78 is 0. The van der Waals surface area contributed by atoms with Crippen molar-refractivity contribution in [3.63, 3.8) is 0 Å². The van der Waals surface area contributed by atoms with Crippen LogP contribution in [0, 0.1) is 0 Å². The molecule has 0 spiro atoms. The van der Waals surface area contributed by atoms with Crippen LogP contribution in [-0.4, -0.2) is 17.0 Å². The summed E-state index contributed by atoms with van der Waals surface area (Å²) in [6.45, 7) is 2.29. The second-order valence-electron chi connectivity index (χ2n) is 6.30. The van der Waals surface area contributed by atoms with Gasteiger partial charge in [-0.2, -0.15) is 11.8 Å². The predicted molar refractivity (Wildman–Crippen MR) is 93.1 cm³/mol. The molecule has 0 saturated carbocycles. The lowest BCUT2D eigenvalue weighted by Gasteiger charge is -2.21. The monoisotopic (exact) mass is 300 g/mol. The topological polar surface area (TPSA) is 38.0 Å². The molecule has 3 N–H and O–H groups in total. The second-order valence-corrected chi connectivity index (χ2v) is 7.64. The Morgan fingerprint density at radius 1 is 1.00 bits per heavy atom. The third-order valence-corrected chi connectivity index (χ3v) is 6.01. The summed E-state index contributed by atoms with van der Waals surface area (Å²) >= 11 is 2.11. The standard InChI is InChI=1S/C17H36N2S/c1-2-3-4-5-6-7-8-9-10-11-13-16(19-18)17-14-12-15-20-17/h16-17,19H,2-15,18H2,1H3. The Hall–Kier alpha value is 0.270. The highest BCUT2D eigenvalue weighted by molar-refractivity contribution is 8.00. The van der Waals surface area contributed by atoms with Gasteiger partial charge >= 0.3 is 0 Å². The second kappa shape index (κ2) is 13.0. The Bertz CT molecular complexity index is 205. The molecule has 1 rings (SSSR count). The van der Waals surface area contributed by atoms with Crippen LogP contribution in [0.4, 0.5) is 0 Å². The average molecular weight is 301 g/mol. The third-order valence-electron chi connectivity index (χ3n) is 4.50. The van der Waals surface area contributed by atoms with Gasteiger partial charge in [-0.3, -0.25) is 11.3 Å². The van der Waals surface area contributed by atoms with Crippen LogP contribution in [0.2, 0.25) is 0 Å². The molecule has 120 valence electrons. The van der Waals surface area contributed by atoms with E-state index in [0.29, 0.717) is 6.04 Å². The van der Waals surface area contributed by atoms with Crippen LogP contribution in [0.25, 0.3) is 0 Å². The summed E-state index contributed by atoms with van der Waals surface area (Å²) in [7, 11) is 0. The molecule has 1 aliphatic rings. The first-order chi connectivity index (χ1) is 9.88. The maximum Gasteiger partial charge on any atom is 0.0329 e. The van der Waals surface area contributed by atoms with Gasteiger partial charge in [0.25, 0.3) is 0 Å². The fourth-order valence-electron chi connectivity index (χ4n) is 3.15. The van der Waals surface area contributed by atoms with E-state index in [1.807, 2.05) is 0 Å². The van der Waals surface area contributed by atoms with Gasteiger partial charge in [0.1, 0.15) is 0 Å². The van der Waals surface area contributed by atoms with E-state index in [1.54, 1.807) is 0 Å². The van der Waals surface area contributed by atoms with E-state index in [4.69, 9.17) is 5.84 Å². The number of rotatable bonds is 13. The minimum atomic E-state index is 0.552. The van der Waals surface area contributed by atoms with Gasteiger partial charge in [0.05, 0.1) is 0 Å². The summed E-state index contributed by atoms with van der Waals surface area (Å²) in [5.74, 6) is 7.04. The molecular formula is C17H36N2S. The highest BCUT2D eigenvalue weighted by atomic mass is 32.2. The van der Waals surface area contributed by atoms with Crippen molar-refractivity contribution in [3.05, 3.63) is 0 Å². The number of nitrogens with two attached hydrogens (primary N) is 1. The average Bonchev–Trinajstić information content (AvgIpc) is 2.99. The maximum atomic E-state index is 5.71. The van der Waals surface area contributed by atoms with Crippen LogP contribution in [-0.2, 0) is 0 Å². The summed E-state index contributed by atoms with van der Waals surface area (Å²) in [4.78, 5) is 0. The molecule has 1 fully saturated rings. The quantitative estimate of drug-likeness (QED) is 0.285. The summed E-state index contributed by atoms with van der Waals surface area (Å²) in [5.41, 5.74) is 3.05. The Labute approximate surface area is 131 Å². The number of nitrogens with one attached hydrogen (secondary N) is 1. The highest BCUT2D eigenvalue weighted by Gasteiger charge is 2.23. The van der Waals surface area contributed by atoms with Gasteiger partial charge in [-0.15, -0.1) is 0 Å². The van der Waals surface area contributed by atoms with Gasteiger partial charge in [0.15, 0.2) is 0 Å². The molecule has 0 aromatic carbocycles. The molecule has 2 atom stereocenters. The molecule has 0 aromatic rings. The van der Waals surface area contributed by atoms with E-state index >= 15 is 0 Å². The number of hydrogen-bond donors (Lipinski definition) is 2. The highest BCUT2D eigenvalue weighted by Crippen LogP contribution is 2.30. The largest absolute Gasteiger partial charge is 0.271 e. The first-order valence-corrected chi connectivity index (χ1v) is 10.0. The Morgan fingerprint density at radius 2 is 1.60 bits per heavy atom. The molecule has 2 unspecified atom stereocenters. The summed E-state index contributed by atoms with van der Waals surface area (Å²) in [5, 5.41) is 0.776. The van der Waals surface area contributed by atoms with Gasteiger partial charge in [-0.05, 0) is 25.0 Å². The fourth-order valence-corrected chi connectivity index (χ4v) is 4.56. The third kappa shape index (κ3) is 8.53. The molecule has 2 nitrogen and oxygen atoms in total. The number of thioether (sulfide) groups is 1. The number of hydrogen-bond acceptors (Lipinski definition) is 3. The molecule has 0 amide bonds. The molecule has 20 heavy (non-hydrogen) atoms. The Morgan fingerprint density at radius 3 is 2.10 bits per heavy atom. The zero-order valence-electron chi connectivity index (χ0n) is 13.5. The predicted octanol–water partition coefficient (Wildman–Crippen LogP) is 5.02. The Kier molecular flexibility index (Phi) is 11.9. The molecule has 1 aliphatic heterocycles. The van der Waals surface area contributed by atoms with Gasteiger partial charge in [0, 0.05) is 11.3 Å². The first kappa shape index (κ1) is 18.3. The van der Waals surface area contributed by atoms with Crippen LogP contribution in [0.3, 0.4) is 0 Å². The van der Waals surface area contributed by atoms with E-state index in [0.717, 1.165) is 5.25 Å². The van der Waals surface area contributed by atoms with Crippen molar-refractivity contribution < 1.29 is 0 Å². The van der Waals surface area contributed by atoms with Crippen molar-refractivity contribution in [2.75, 3.05) is 5.75 Å². The molecule has 1 saturated heterocycles. The first-order valence-electron chi connectivity index (χ1n) is 8.96. The van der Waals surface area contributed by atoms with Crippen molar-refractivity contribution in [2.45, 2.75) is 102 Å². The van der Waals surface area contributed by atoms with Crippen LogP contribution in [0.15, 0.2) is 0 Å². The van der Waals surface area contributed by atoms with E-state index in [-0.39, 0.29) is 0 Å². The van der Waals surface area contributed by atoms with Crippen molar-refractivity contribution in [1.82, 2.24) is 5.43 Å². The van der Waals surface area contributed by atoms with E-state index in [2.05, 4.69) is 24.1 Å². The lowest BCUT2D eigenvalue weighted by molar-refractivity contribution is 0.442. The Balaban J connectivity index is 1.85. The minimum Gasteiger partial charge on any atom is -0.271 e. The smallest absolute Gasteiger partial charge is 0.0329 e. The SMILES string of the molecule is CCCCCCCCCCCCC(NN)C1CCCS1. The van der Waals surface area contributed by atoms with E-state index < -0.39 is 0 Å². The zero-order valence-corrected chi connectivity index (χ0v) is 14.4. The van der Waals surface area contributed by atoms with E-state index in [1.165, 1.54) is 89.2 Å². The summed E-state index contributed by atoms with van der Waals surface area (Å²) in [6.07, 6.45) is 18.2. The van der Waals surface area contributed by atoms with Crippen molar-refractivity contribution in [2.24, 2.45) is 5.84 Å². The van der Waals surface area contributed by atoms with Crippen LogP contribution < -0.4 is 11.3 Å². The molecule has 0 radical (unpaired) electrons. The van der Waals surface area contributed by atoms with Crippen molar-refractivity contribution in [1.29, 1.82) is 0 Å². The van der Waals surface area contributed by atoms with Gasteiger partial charge in [0.2, 0.25) is 0 Å². The number of hydrazine groups is 1.